The zero-order chi connectivity index (χ0) is 21.3. The van der Waals surface area contributed by atoms with Crippen LogP contribution in [0.1, 0.15) is 36.8 Å². The van der Waals surface area contributed by atoms with Crippen LogP contribution in [0.25, 0.3) is 0 Å². The predicted octanol–water partition coefficient (Wildman–Crippen LogP) is 2.71. The maximum atomic E-state index is 14.3. The van der Waals surface area contributed by atoms with E-state index in [9.17, 15) is 14.3 Å². The monoisotopic (exact) mass is 414 g/mol. The van der Waals surface area contributed by atoms with Gasteiger partial charge in [0.15, 0.2) is 18.1 Å². The molecule has 0 aromatic heterocycles. The van der Waals surface area contributed by atoms with E-state index in [1.807, 2.05) is 12.1 Å². The van der Waals surface area contributed by atoms with Gasteiger partial charge in [0.05, 0.1) is 12.7 Å². The summed E-state index contributed by atoms with van der Waals surface area (Å²) in [6.07, 6.45) is 3.00. The largest absolute Gasteiger partial charge is 0.493 e. The first-order chi connectivity index (χ1) is 14.4. The highest BCUT2D eigenvalue weighted by Gasteiger charge is 2.48. The lowest BCUT2D eigenvalue weighted by Gasteiger charge is -2.44. The molecule has 0 radical (unpaired) electrons. The summed E-state index contributed by atoms with van der Waals surface area (Å²) in [4.78, 5) is 13.4. The highest BCUT2D eigenvalue weighted by atomic mass is 19.1. The summed E-state index contributed by atoms with van der Waals surface area (Å²) in [5.41, 5.74) is 5.46. The zero-order valence-corrected chi connectivity index (χ0v) is 17.0. The van der Waals surface area contributed by atoms with Crippen molar-refractivity contribution in [2.45, 2.75) is 49.9 Å². The number of piperidine rings is 1. The van der Waals surface area contributed by atoms with E-state index >= 15 is 0 Å². The van der Waals surface area contributed by atoms with E-state index in [4.69, 9.17) is 15.2 Å². The number of benzene rings is 2. The fourth-order valence-corrected chi connectivity index (χ4v) is 4.92. The van der Waals surface area contributed by atoms with E-state index in [-0.39, 0.29) is 24.5 Å². The highest BCUT2D eigenvalue weighted by Crippen LogP contribution is 2.47. The molecule has 2 aliphatic heterocycles. The quantitative estimate of drug-likeness (QED) is 0.728. The lowest BCUT2D eigenvalue weighted by Crippen LogP contribution is -2.49. The number of amides is 1. The Kier molecular flexibility index (Phi) is 5.66. The van der Waals surface area contributed by atoms with Crippen molar-refractivity contribution in [2.75, 3.05) is 13.7 Å². The Morgan fingerprint density at radius 3 is 2.53 bits per heavy atom. The summed E-state index contributed by atoms with van der Waals surface area (Å²) in [5.74, 6) is 0.119. The summed E-state index contributed by atoms with van der Waals surface area (Å²) in [7, 11) is 1.55. The van der Waals surface area contributed by atoms with Crippen molar-refractivity contribution in [3.05, 3.63) is 59.4 Å². The van der Waals surface area contributed by atoms with Gasteiger partial charge in [0.1, 0.15) is 5.82 Å². The molecular weight excluding hydrogens is 387 g/mol. The van der Waals surface area contributed by atoms with Crippen molar-refractivity contribution in [3.8, 4) is 11.5 Å². The molecule has 3 N–H and O–H groups in total. The second-order valence-corrected chi connectivity index (χ2v) is 8.22. The van der Waals surface area contributed by atoms with Crippen LogP contribution in [0, 0.1) is 5.82 Å². The Morgan fingerprint density at radius 2 is 1.90 bits per heavy atom. The molecule has 6 nitrogen and oxygen atoms in total. The maximum absolute atomic E-state index is 14.3. The van der Waals surface area contributed by atoms with Gasteiger partial charge in [0.2, 0.25) is 0 Å². The lowest BCUT2D eigenvalue weighted by atomic mass is 9.80. The molecule has 2 aromatic carbocycles. The van der Waals surface area contributed by atoms with E-state index in [1.54, 1.807) is 31.4 Å². The van der Waals surface area contributed by atoms with E-state index < -0.39 is 11.5 Å². The Labute approximate surface area is 175 Å². The zero-order valence-electron chi connectivity index (χ0n) is 17.0. The molecule has 160 valence electrons. The Bertz CT molecular complexity index is 921. The molecule has 0 aliphatic carbocycles. The van der Waals surface area contributed by atoms with Crippen molar-refractivity contribution in [3.63, 3.8) is 0 Å². The van der Waals surface area contributed by atoms with Crippen molar-refractivity contribution in [1.82, 2.24) is 4.90 Å². The lowest BCUT2D eigenvalue weighted by molar-refractivity contribution is -0.119. The normalized spacial score (nSPS) is 25.8. The van der Waals surface area contributed by atoms with Crippen LogP contribution in [0.2, 0.25) is 0 Å². The molecule has 2 fully saturated rings. The summed E-state index contributed by atoms with van der Waals surface area (Å²) in [6, 6.07) is 12.5. The Hall–Kier alpha value is -2.64. The molecule has 2 aliphatic rings. The molecule has 4 rings (SSSR count). The van der Waals surface area contributed by atoms with Crippen molar-refractivity contribution in [1.29, 1.82) is 0 Å². The van der Waals surface area contributed by atoms with E-state index in [0.717, 1.165) is 18.4 Å². The number of hydrogen-bond acceptors (Lipinski definition) is 5. The van der Waals surface area contributed by atoms with Gasteiger partial charge in [-0.2, -0.15) is 0 Å². The third-order valence-electron chi connectivity index (χ3n) is 6.26. The number of hydrogen-bond donors (Lipinski definition) is 2. The SMILES string of the molecule is COc1cc(CN2[C@H]3CC[C@H]2CC(O)(c2ccccc2F)C3)ccc1OCC(N)=O. The van der Waals surface area contributed by atoms with Crippen LogP contribution in [-0.4, -0.2) is 41.7 Å². The van der Waals surface area contributed by atoms with Gasteiger partial charge in [0.25, 0.3) is 5.91 Å². The molecule has 2 saturated heterocycles. The average molecular weight is 414 g/mol. The molecule has 0 unspecified atom stereocenters. The van der Waals surface area contributed by atoms with Crippen LogP contribution in [0.5, 0.6) is 11.5 Å². The first-order valence-electron chi connectivity index (χ1n) is 10.2. The van der Waals surface area contributed by atoms with Gasteiger partial charge < -0.3 is 20.3 Å². The van der Waals surface area contributed by atoms with Gasteiger partial charge in [-0.25, -0.2) is 4.39 Å². The first-order valence-corrected chi connectivity index (χ1v) is 10.2. The van der Waals surface area contributed by atoms with Gasteiger partial charge in [0, 0.05) is 24.2 Å². The average Bonchev–Trinajstić information content (AvgIpc) is 2.96. The predicted molar refractivity (Wildman–Crippen MR) is 110 cm³/mol. The summed E-state index contributed by atoms with van der Waals surface area (Å²) in [5, 5.41) is 11.3. The first kappa shape index (κ1) is 20.6. The van der Waals surface area contributed by atoms with Gasteiger partial charge in [-0.3, -0.25) is 9.69 Å². The molecule has 2 aromatic rings. The number of nitrogens with two attached hydrogens (primary N) is 1. The molecule has 7 heteroatoms. The number of carbonyl (C=O) groups is 1. The standard InChI is InChI=1S/C23H27FN2O4/c1-29-21-10-15(6-9-20(21)30-14-22(25)27)13-26-16-7-8-17(26)12-23(28,11-16)18-4-2-3-5-19(18)24/h2-6,9-10,16-17,28H,7-8,11-14H2,1H3,(H2,25,27)/t16-,17-/m0/s1. The minimum absolute atomic E-state index is 0.185. The number of primary amides is 1. The third kappa shape index (κ3) is 4.00. The van der Waals surface area contributed by atoms with Gasteiger partial charge in [-0.05, 0) is 49.4 Å². The topological polar surface area (TPSA) is 85.0 Å². The number of methoxy groups -OCH3 is 1. The van der Waals surface area contributed by atoms with Crippen LogP contribution < -0.4 is 15.2 Å². The summed E-state index contributed by atoms with van der Waals surface area (Å²) < 4.78 is 25.1. The molecular formula is C23H27FN2O4. The van der Waals surface area contributed by atoms with Crippen molar-refractivity contribution >= 4 is 5.91 Å². The van der Waals surface area contributed by atoms with Gasteiger partial charge in [-0.15, -0.1) is 0 Å². The molecule has 2 bridgehead atoms. The van der Waals surface area contributed by atoms with Crippen LogP contribution in [0.3, 0.4) is 0 Å². The minimum atomic E-state index is -1.13. The number of fused-ring (bicyclic) bond motifs is 2. The van der Waals surface area contributed by atoms with Crippen LogP contribution >= 0.6 is 0 Å². The number of rotatable bonds is 7. The number of ether oxygens (including phenoxy) is 2. The fourth-order valence-electron chi connectivity index (χ4n) is 4.92. The highest BCUT2D eigenvalue weighted by molar-refractivity contribution is 5.75. The Balaban J connectivity index is 1.49. The minimum Gasteiger partial charge on any atom is -0.493 e. The molecule has 0 spiro atoms. The van der Waals surface area contributed by atoms with Crippen LogP contribution in [-0.2, 0) is 16.9 Å². The smallest absolute Gasteiger partial charge is 0.255 e. The second kappa shape index (κ2) is 8.24. The van der Waals surface area contributed by atoms with E-state index in [0.29, 0.717) is 36.4 Å². The molecule has 30 heavy (non-hydrogen) atoms. The van der Waals surface area contributed by atoms with Gasteiger partial charge in [-0.1, -0.05) is 24.3 Å². The Morgan fingerprint density at radius 1 is 1.20 bits per heavy atom. The van der Waals surface area contributed by atoms with Gasteiger partial charge >= 0.3 is 0 Å². The number of halogens is 1. The summed E-state index contributed by atoms with van der Waals surface area (Å²) >= 11 is 0. The molecule has 2 atom stereocenters. The fraction of sp³-hybridized carbons (Fsp3) is 0.435. The van der Waals surface area contributed by atoms with E-state index in [2.05, 4.69) is 4.90 Å². The molecule has 1 amide bonds. The maximum Gasteiger partial charge on any atom is 0.255 e. The van der Waals surface area contributed by atoms with E-state index in [1.165, 1.54) is 6.07 Å². The number of carbonyl (C=O) groups excluding carboxylic acids is 1. The number of nitrogens with zero attached hydrogens (tertiary/aromatic N) is 1. The van der Waals surface area contributed by atoms with Crippen molar-refractivity contribution < 1.29 is 23.8 Å². The van der Waals surface area contributed by atoms with Crippen molar-refractivity contribution in [2.24, 2.45) is 5.73 Å². The van der Waals surface area contributed by atoms with Crippen LogP contribution in [0.15, 0.2) is 42.5 Å². The van der Waals surface area contributed by atoms with Crippen LogP contribution in [0.4, 0.5) is 4.39 Å². The number of aliphatic hydroxyl groups is 1. The molecule has 0 saturated carbocycles. The third-order valence-corrected chi connectivity index (χ3v) is 6.26. The summed E-state index contributed by atoms with van der Waals surface area (Å²) in [6.45, 7) is 0.496. The second-order valence-electron chi connectivity index (χ2n) is 8.22. The molecule has 2 heterocycles.